The van der Waals surface area contributed by atoms with Gasteiger partial charge >= 0.3 is 0 Å². The normalized spacial score (nSPS) is 10.1. The maximum Gasteiger partial charge on any atom is 0.264 e. The van der Waals surface area contributed by atoms with E-state index in [0.717, 1.165) is 24.2 Å². The highest BCUT2D eigenvalue weighted by atomic mass is 32.2. The number of nitrogens with zero attached hydrogens (tertiary/aromatic N) is 6. The fourth-order valence-electron chi connectivity index (χ4n) is 3.55. The standard InChI is InChI=1S/C15H17N3O.C9H11NO4S.C8H9NO2.C2H3N/c1-12(19)15-8-5-7-14(17-15)11-18(2)10-13-6-3-4-9-16-13;1-7(11)9-5-3-4-8(10-9)6-14-15(2,12)13;1-6(11)8-4-2-3-7(5-10)9-8;1-2-3/h3-9H,10-11H2,1-2H3;3-5H,6H2,1-2H3;2-4,10H,5H2,1H3;1H3. The number of Topliss-reactive ketones (excluding diaryl/α,β-unsaturated/α-hetero) is 3. The van der Waals surface area contributed by atoms with Crippen LogP contribution in [0.5, 0.6) is 0 Å². The molecule has 4 aromatic heterocycles. The van der Waals surface area contributed by atoms with Crippen LogP contribution in [0.1, 0.15) is 81.9 Å². The zero-order valence-electron chi connectivity index (χ0n) is 27.8. The second-order valence-electron chi connectivity index (χ2n) is 10.1. The van der Waals surface area contributed by atoms with E-state index >= 15 is 0 Å². The quantitative estimate of drug-likeness (QED) is 0.174. The van der Waals surface area contributed by atoms with Crippen LogP contribution in [0.2, 0.25) is 0 Å². The van der Waals surface area contributed by atoms with Crippen molar-refractivity contribution in [3.63, 3.8) is 0 Å². The van der Waals surface area contributed by atoms with E-state index in [0.29, 0.717) is 35.0 Å². The smallest absolute Gasteiger partial charge is 0.264 e. The fraction of sp³-hybridized carbons (Fsp3) is 0.294. The SMILES string of the molecule is CC#N.CC(=O)c1cccc(CN(C)Cc2ccccn2)n1.CC(=O)c1cccc(CO)n1.CC(=O)c1cccc(COS(C)(=O)=O)n1. The van der Waals surface area contributed by atoms with Crippen molar-refractivity contribution in [1.82, 2.24) is 24.8 Å². The first kappa shape index (κ1) is 41.0. The summed E-state index contributed by atoms with van der Waals surface area (Å²) in [5.41, 5.74) is 4.06. The minimum atomic E-state index is -3.48. The number of aromatic nitrogens is 4. The Morgan fingerprint density at radius 2 is 1.17 bits per heavy atom. The van der Waals surface area contributed by atoms with E-state index in [1.807, 2.05) is 37.4 Å². The fourth-order valence-corrected chi connectivity index (χ4v) is 3.89. The lowest BCUT2D eigenvalue weighted by atomic mass is 10.2. The van der Waals surface area contributed by atoms with Gasteiger partial charge in [0.05, 0.1) is 41.7 Å². The van der Waals surface area contributed by atoms with Crippen molar-refractivity contribution in [3.05, 3.63) is 119 Å². The molecular formula is C34H40N6O7S. The number of hydrogen-bond donors (Lipinski definition) is 1. The molecule has 0 aliphatic rings. The van der Waals surface area contributed by atoms with Gasteiger partial charge < -0.3 is 5.11 Å². The third kappa shape index (κ3) is 17.6. The monoisotopic (exact) mass is 676 g/mol. The van der Waals surface area contributed by atoms with E-state index < -0.39 is 10.1 Å². The Balaban J connectivity index is 0.000000357. The largest absolute Gasteiger partial charge is 0.390 e. The summed E-state index contributed by atoms with van der Waals surface area (Å²) >= 11 is 0. The number of pyridine rings is 4. The number of rotatable bonds is 11. The van der Waals surface area contributed by atoms with Gasteiger partial charge in [0.1, 0.15) is 23.7 Å². The predicted octanol–water partition coefficient (Wildman–Crippen LogP) is 4.38. The van der Waals surface area contributed by atoms with Gasteiger partial charge in [-0.1, -0.05) is 24.3 Å². The van der Waals surface area contributed by atoms with Gasteiger partial charge in [-0.05, 0) is 55.6 Å². The van der Waals surface area contributed by atoms with Crippen LogP contribution >= 0.6 is 0 Å². The molecule has 0 aliphatic heterocycles. The van der Waals surface area contributed by atoms with E-state index in [1.165, 1.54) is 27.7 Å². The van der Waals surface area contributed by atoms with Crippen LogP contribution in [0.4, 0.5) is 0 Å². The highest BCUT2D eigenvalue weighted by molar-refractivity contribution is 7.85. The summed E-state index contributed by atoms with van der Waals surface area (Å²) in [6.45, 7) is 6.97. The Kier molecular flexibility index (Phi) is 18.5. The summed E-state index contributed by atoms with van der Waals surface area (Å²) in [6, 6.07) is 23.0. The minimum absolute atomic E-state index is 0.00534. The first-order valence-electron chi connectivity index (χ1n) is 14.4. The summed E-state index contributed by atoms with van der Waals surface area (Å²) in [5, 5.41) is 16.0. The predicted molar refractivity (Wildman–Crippen MR) is 179 cm³/mol. The molecule has 4 heterocycles. The van der Waals surface area contributed by atoms with Gasteiger partial charge in [-0.25, -0.2) is 15.0 Å². The van der Waals surface area contributed by atoms with Crippen molar-refractivity contribution in [2.24, 2.45) is 0 Å². The molecule has 4 aromatic rings. The summed E-state index contributed by atoms with van der Waals surface area (Å²) in [5.74, 6) is -0.259. The third-order valence-electron chi connectivity index (χ3n) is 5.68. The molecule has 0 unspecified atom stereocenters. The minimum Gasteiger partial charge on any atom is -0.390 e. The molecule has 0 aliphatic carbocycles. The molecule has 0 saturated carbocycles. The summed E-state index contributed by atoms with van der Waals surface area (Å²) in [7, 11) is -1.47. The van der Waals surface area contributed by atoms with E-state index in [4.69, 9.17) is 10.4 Å². The number of carbonyl (C=O) groups is 3. The lowest BCUT2D eigenvalue weighted by Gasteiger charge is -2.15. The molecule has 254 valence electrons. The van der Waals surface area contributed by atoms with Gasteiger partial charge in [-0.15, -0.1) is 0 Å². The maximum atomic E-state index is 11.3. The number of nitriles is 1. The van der Waals surface area contributed by atoms with E-state index in [2.05, 4.69) is 29.0 Å². The number of hydrogen-bond acceptors (Lipinski definition) is 13. The van der Waals surface area contributed by atoms with Crippen LogP contribution in [-0.2, 0) is 40.6 Å². The summed E-state index contributed by atoms with van der Waals surface area (Å²) in [4.78, 5) is 51.6. The van der Waals surface area contributed by atoms with Crippen molar-refractivity contribution in [3.8, 4) is 6.07 Å². The molecule has 0 saturated heterocycles. The molecule has 4 rings (SSSR count). The molecule has 14 heteroatoms. The second kappa shape index (κ2) is 21.7. The number of aliphatic hydroxyl groups is 1. The van der Waals surface area contributed by atoms with Crippen LogP contribution in [0.25, 0.3) is 0 Å². The Morgan fingerprint density at radius 1 is 0.750 bits per heavy atom. The zero-order chi connectivity index (χ0) is 36.1. The first-order chi connectivity index (χ1) is 22.7. The Bertz CT molecular complexity index is 1780. The Labute approximate surface area is 281 Å². The number of aliphatic hydroxyl groups excluding tert-OH is 1. The highest BCUT2D eigenvalue weighted by Gasteiger charge is 2.07. The lowest BCUT2D eigenvalue weighted by molar-refractivity contribution is 0.1000. The first-order valence-corrected chi connectivity index (χ1v) is 16.3. The maximum absolute atomic E-state index is 11.3. The van der Waals surface area contributed by atoms with Crippen LogP contribution in [0.15, 0.2) is 79.0 Å². The van der Waals surface area contributed by atoms with Gasteiger partial charge in [0.2, 0.25) is 0 Å². The van der Waals surface area contributed by atoms with Crippen LogP contribution in [-0.4, -0.2) is 69.0 Å². The Hall–Kier alpha value is -5.07. The second-order valence-corrected chi connectivity index (χ2v) is 11.7. The summed E-state index contributed by atoms with van der Waals surface area (Å²) in [6.07, 6.45) is 2.75. The molecular weight excluding hydrogens is 636 g/mol. The average Bonchev–Trinajstić information content (AvgIpc) is 3.05. The zero-order valence-corrected chi connectivity index (χ0v) is 28.6. The molecule has 0 atom stereocenters. The summed E-state index contributed by atoms with van der Waals surface area (Å²) < 4.78 is 26.0. The topological polar surface area (TPSA) is 193 Å². The molecule has 0 amide bonds. The molecule has 13 nitrogen and oxygen atoms in total. The van der Waals surface area contributed by atoms with Crippen molar-refractivity contribution in [1.29, 1.82) is 5.26 Å². The number of carbonyl (C=O) groups excluding carboxylic acids is 3. The Morgan fingerprint density at radius 3 is 1.60 bits per heavy atom. The van der Waals surface area contributed by atoms with E-state index in [9.17, 15) is 22.8 Å². The van der Waals surface area contributed by atoms with Crippen molar-refractivity contribution in [2.75, 3.05) is 13.3 Å². The number of ketones is 3. The lowest BCUT2D eigenvalue weighted by Crippen LogP contribution is -2.19. The van der Waals surface area contributed by atoms with Crippen LogP contribution < -0.4 is 0 Å². The van der Waals surface area contributed by atoms with Gasteiger partial charge in [0.25, 0.3) is 10.1 Å². The molecule has 0 radical (unpaired) electrons. The molecule has 0 spiro atoms. The van der Waals surface area contributed by atoms with Crippen molar-refractivity contribution in [2.45, 2.75) is 54.0 Å². The van der Waals surface area contributed by atoms with Crippen molar-refractivity contribution < 1.29 is 32.1 Å². The van der Waals surface area contributed by atoms with Gasteiger partial charge in [0, 0.05) is 47.0 Å². The molecule has 0 fully saturated rings. The molecule has 1 N–H and O–H groups in total. The molecule has 0 aromatic carbocycles. The van der Waals surface area contributed by atoms with E-state index in [1.54, 1.807) is 54.7 Å². The van der Waals surface area contributed by atoms with Crippen LogP contribution in [0, 0.1) is 11.3 Å². The molecule has 48 heavy (non-hydrogen) atoms. The van der Waals surface area contributed by atoms with Gasteiger partial charge in [0.15, 0.2) is 17.3 Å². The average molecular weight is 677 g/mol. The third-order valence-corrected chi connectivity index (χ3v) is 6.22. The van der Waals surface area contributed by atoms with Crippen LogP contribution in [0.3, 0.4) is 0 Å². The van der Waals surface area contributed by atoms with Gasteiger partial charge in [-0.3, -0.25) is 28.5 Å². The van der Waals surface area contributed by atoms with E-state index in [-0.39, 0.29) is 30.6 Å². The highest BCUT2D eigenvalue weighted by Crippen LogP contribution is 2.07. The van der Waals surface area contributed by atoms with Gasteiger partial charge in [-0.2, -0.15) is 13.7 Å². The molecule has 0 bridgehead atoms. The van der Waals surface area contributed by atoms with Crippen molar-refractivity contribution >= 4 is 27.5 Å².